The van der Waals surface area contributed by atoms with Crippen molar-refractivity contribution in [3.8, 4) is 0 Å². The Kier molecular flexibility index (Phi) is 9.83. The summed E-state index contributed by atoms with van der Waals surface area (Å²) in [7, 11) is 0. The molecule has 0 spiro atoms. The third-order valence-corrected chi connectivity index (χ3v) is 4.12. The number of halogens is 1. The summed E-state index contributed by atoms with van der Waals surface area (Å²) >= 11 is 0. The van der Waals surface area contributed by atoms with Crippen molar-refractivity contribution < 1.29 is 33.0 Å². The predicted molar refractivity (Wildman–Crippen MR) is 115 cm³/mol. The Morgan fingerprint density at radius 1 is 0.812 bits per heavy atom. The van der Waals surface area contributed by atoms with Gasteiger partial charge in [0, 0.05) is 24.2 Å². The topological polar surface area (TPSA) is 111 Å². The van der Waals surface area contributed by atoms with E-state index in [-0.39, 0.29) is 25.2 Å². The first-order valence-electron chi connectivity index (χ1n) is 10.2. The van der Waals surface area contributed by atoms with Crippen LogP contribution in [0, 0.1) is 5.82 Å². The number of carbonyl (C=O) groups is 4. The molecule has 0 radical (unpaired) electrons. The third kappa shape index (κ3) is 8.95. The lowest BCUT2D eigenvalue weighted by Gasteiger charge is -2.08. The molecule has 0 saturated carbocycles. The van der Waals surface area contributed by atoms with Crippen LogP contribution in [0.15, 0.2) is 48.5 Å². The van der Waals surface area contributed by atoms with E-state index in [0.717, 1.165) is 6.42 Å². The largest absolute Gasteiger partial charge is 0.462 e. The van der Waals surface area contributed by atoms with Gasteiger partial charge < -0.3 is 20.1 Å². The van der Waals surface area contributed by atoms with E-state index in [1.165, 1.54) is 36.4 Å². The summed E-state index contributed by atoms with van der Waals surface area (Å²) in [6, 6.07) is 11.5. The third-order valence-electron chi connectivity index (χ3n) is 4.12. The molecular formula is C23H25FN2O6. The zero-order valence-electron chi connectivity index (χ0n) is 17.7. The van der Waals surface area contributed by atoms with E-state index in [1.807, 2.05) is 6.92 Å². The number of hydrogen-bond acceptors (Lipinski definition) is 6. The van der Waals surface area contributed by atoms with Crippen molar-refractivity contribution in [2.24, 2.45) is 0 Å². The number of rotatable bonds is 11. The van der Waals surface area contributed by atoms with E-state index in [0.29, 0.717) is 23.5 Å². The number of hydrogen-bond donors (Lipinski definition) is 2. The summed E-state index contributed by atoms with van der Waals surface area (Å²) in [5.74, 6) is -2.30. The minimum atomic E-state index is -0.608. The van der Waals surface area contributed by atoms with Crippen LogP contribution in [0.25, 0.3) is 0 Å². The first-order valence-corrected chi connectivity index (χ1v) is 10.2. The van der Waals surface area contributed by atoms with Crippen molar-refractivity contribution in [3.63, 3.8) is 0 Å². The zero-order chi connectivity index (χ0) is 23.3. The van der Waals surface area contributed by atoms with Crippen molar-refractivity contribution in [1.29, 1.82) is 0 Å². The lowest BCUT2D eigenvalue weighted by Crippen LogP contribution is -2.21. The maximum atomic E-state index is 12.8. The molecule has 2 N–H and O–H groups in total. The van der Waals surface area contributed by atoms with E-state index >= 15 is 0 Å². The fourth-order valence-corrected chi connectivity index (χ4v) is 2.53. The van der Waals surface area contributed by atoms with Crippen LogP contribution >= 0.6 is 0 Å². The van der Waals surface area contributed by atoms with Crippen molar-refractivity contribution in [2.75, 3.05) is 23.8 Å². The maximum Gasteiger partial charge on any atom is 0.338 e. The molecule has 32 heavy (non-hydrogen) atoms. The van der Waals surface area contributed by atoms with Gasteiger partial charge in [0.25, 0.3) is 5.91 Å². The Balaban J connectivity index is 1.64. The van der Waals surface area contributed by atoms with Gasteiger partial charge in [0.2, 0.25) is 5.91 Å². The molecule has 0 fully saturated rings. The molecule has 0 atom stereocenters. The number of esters is 2. The Morgan fingerprint density at radius 3 is 2.03 bits per heavy atom. The van der Waals surface area contributed by atoms with Gasteiger partial charge in [0.05, 0.1) is 12.2 Å². The van der Waals surface area contributed by atoms with Crippen LogP contribution in [0.4, 0.5) is 15.8 Å². The molecule has 170 valence electrons. The average molecular weight is 444 g/mol. The molecule has 2 rings (SSSR count). The number of benzene rings is 2. The number of anilines is 2. The highest BCUT2D eigenvalue weighted by Crippen LogP contribution is 2.11. The highest BCUT2D eigenvalue weighted by Gasteiger charge is 2.11. The van der Waals surface area contributed by atoms with Gasteiger partial charge in [-0.2, -0.15) is 0 Å². The standard InChI is InChI=1S/C23H25FN2O6/c1-2-14-31-23(30)16-6-10-18(11-7-16)26-21(28)15-32-22(29)5-3-4-20(27)25-19-12-8-17(24)9-13-19/h6-13H,2-5,14-15H2,1H3,(H,25,27)(H,26,28). The van der Waals surface area contributed by atoms with Gasteiger partial charge in [0.15, 0.2) is 6.61 Å². The molecule has 0 aromatic heterocycles. The summed E-state index contributed by atoms with van der Waals surface area (Å²) in [5, 5.41) is 5.14. The Hall–Kier alpha value is -3.75. The maximum absolute atomic E-state index is 12.8. The van der Waals surface area contributed by atoms with Crippen LogP contribution in [0.1, 0.15) is 43.0 Å². The predicted octanol–water partition coefficient (Wildman–Crippen LogP) is 3.68. The highest BCUT2D eigenvalue weighted by atomic mass is 19.1. The summed E-state index contributed by atoms with van der Waals surface area (Å²) in [4.78, 5) is 47.2. The van der Waals surface area contributed by atoms with Crippen LogP contribution in [-0.2, 0) is 23.9 Å². The summed E-state index contributed by atoms with van der Waals surface area (Å²) in [6.07, 6.45) is 1.01. The Morgan fingerprint density at radius 2 is 1.41 bits per heavy atom. The Bertz CT molecular complexity index is 929. The van der Waals surface area contributed by atoms with Gasteiger partial charge in [0.1, 0.15) is 5.82 Å². The average Bonchev–Trinajstić information content (AvgIpc) is 2.78. The van der Waals surface area contributed by atoms with Crippen molar-refractivity contribution in [2.45, 2.75) is 32.6 Å². The van der Waals surface area contributed by atoms with Gasteiger partial charge in [-0.25, -0.2) is 9.18 Å². The fourth-order valence-electron chi connectivity index (χ4n) is 2.53. The summed E-state index contributed by atoms with van der Waals surface area (Å²) in [6.45, 7) is 1.76. The van der Waals surface area contributed by atoms with Crippen LogP contribution in [-0.4, -0.2) is 37.0 Å². The van der Waals surface area contributed by atoms with E-state index in [1.54, 1.807) is 12.1 Å². The molecule has 9 heteroatoms. The van der Waals surface area contributed by atoms with Gasteiger partial charge in [-0.15, -0.1) is 0 Å². The molecular weight excluding hydrogens is 419 g/mol. The minimum Gasteiger partial charge on any atom is -0.462 e. The molecule has 0 aliphatic heterocycles. The van der Waals surface area contributed by atoms with Gasteiger partial charge in [-0.1, -0.05) is 6.92 Å². The first kappa shape index (κ1) is 24.5. The second kappa shape index (κ2) is 12.8. The molecule has 0 bridgehead atoms. The minimum absolute atomic E-state index is 0.0291. The molecule has 0 unspecified atom stereocenters. The molecule has 8 nitrogen and oxygen atoms in total. The van der Waals surface area contributed by atoms with Crippen molar-refractivity contribution in [1.82, 2.24) is 0 Å². The van der Waals surface area contributed by atoms with Crippen LogP contribution in [0.3, 0.4) is 0 Å². The van der Waals surface area contributed by atoms with Crippen molar-refractivity contribution >= 4 is 35.1 Å². The second-order valence-corrected chi connectivity index (χ2v) is 6.83. The molecule has 0 aliphatic carbocycles. The number of amides is 2. The first-order chi connectivity index (χ1) is 15.4. The van der Waals surface area contributed by atoms with Crippen LogP contribution in [0.5, 0.6) is 0 Å². The SMILES string of the molecule is CCCOC(=O)c1ccc(NC(=O)COC(=O)CCCC(=O)Nc2ccc(F)cc2)cc1. The van der Waals surface area contributed by atoms with Crippen molar-refractivity contribution in [3.05, 3.63) is 59.9 Å². The van der Waals surface area contributed by atoms with E-state index in [9.17, 15) is 23.6 Å². The summed E-state index contributed by atoms with van der Waals surface area (Å²) < 4.78 is 22.8. The number of carbonyl (C=O) groups excluding carboxylic acids is 4. The van der Waals surface area contributed by atoms with E-state index in [2.05, 4.69) is 10.6 Å². The Labute approximate surface area is 185 Å². The number of nitrogens with one attached hydrogen (secondary N) is 2. The molecule has 2 aromatic carbocycles. The van der Waals surface area contributed by atoms with Gasteiger partial charge in [-0.05, 0) is 61.4 Å². The lowest BCUT2D eigenvalue weighted by atomic mass is 10.2. The fraction of sp³-hybridized carbons (Fsp3) is 0.304. The smallest absolute Gasteiger partial charge is 0.338 e. The van der Waals surface area contributed by atoms with E-state index in [4.69, 9.17) is 9.47 Å². The monoisotopic (exact) mass is 444 g/mol. The quantitative estimate of drug-likeness (QED) is 0.512. The van der Waals surface area contributed by atoms with E-state index < -0.39 is 30.3 Å². The normalized spacial score (nSPS) is 10.2. The second-order valence-electron chi connectivity index (χ2n) is 6.83. The molecule has 0 heterocycles. The number of ether oxygens (including phenoxy) is 2. The van der Waals surface area contributed by atoms with Crippen LogP contribution in [0.2, 0.25) is 0 Å². The van der Waals surface area contributed by atoms with Crippen LogP contribution < -0.4 is 10.6 Å². The molecule has 0 saturated heterocycles. The van der Waals surface area contributed by atoms with Gasteiger partial charge >= 0.3 is 11.9 Å². The van der Waals surface area contributed by atoms with Gasteiger partial charge in [-0.3, -0.25) is 14.4 Å². The highest BCUT2D eigenvalue weighted by molar-refractivity contribution is 5.94. The summed E-state index contributed by atoms with van der Waals surface area (Å²) in [5.41, 5.74) is 1.27. The zero-order valence-corrected chi connectivity index (χ0v) is 17.7. The molecule has 2 aromatic rings. The lowest BCUT2D eigenvalue weighted by molar-refractivity contribution is -0.147. The molecule has 0 aliphatic rings. The molecule has 2 amide bonds.